The number of likely N-dealkylation sites (tertiary alicyclic amines) is 1. The molecule has 0 radical (unpaired) electrons. The van der Waals surface area contributed by atoms with E-state index < -0.39 is 60.4 Å². The molecule has 0 aromatic heterocycles. The van der Waals surface area contributed by atoms with Crippen LogP contribution >= 0.6 is 0 Å². The van der Waals surface area contributed by atoms with Crippen molar-refractivity contribution < 1.29 is 49.6 Å². The average molecular weight is 506 g/mol. The van der Waals surface area contributed by atoms with E-state index in [0.717, 1.165) is 24.6 Å². The van der Waals surface area contributed by atoms with E-state index in [1.165, 1.54) is 6.07 Å². The normalized spacial score (nSPS) is 43.5. The molecule has 1 spiro atoms. The molecule has 2 aliphatic carbocycles. The molecule has 2 saturated heterocycles. The molecule has 1 unspecified atom stereocenters. The number of hydrogen-bond donors (Lipinski definition) is 6. The van der Waals surface area contributed by atoms with Gasteiger partial charge in [0.1, 0.15) is 42.7 Å². The molecule has 6 rings (SSSR count). The molecule has 2 bridgehead atoms. The monoisotopic (exact) mass is 505 g/mol. The number of aliphatic hydroxyl groups is 5. The number of benzene rings is 1. The van der Waals surface area contributed by atoms with Gasteiger partial charge in [-0.3, -0.25) is 4.79 Å². The summed E-state index contributed by atoms with van der Waals surface area (Å²) >= 11 is 0. The first-order valence-corrected chi connectivity index (χ1v) is 12.2. The van der Waals surface area contributed by atoms with E-state index in [1.54, 1.807) is 6.08 Å². The number of carbonyl (C=O) groups is 1. The molecule has 3 heterocycles. The Morgan fingerprint density at radius 2 is 1.94 bits per heavy atom. The van der Waals surface area contributed by atoms with Crippen LogP contribution in [0.4, 0.5) is 0 Å². The van der Waals surface area contributed by atoms with Crippen molar-refractivity contribution in [2.45, 2.75) is 80.2 Å². The van der Waals surface area contributed by atoms with Crippen molar-refractivity contribution in [2.75, 3.05) is 13.6 Å². The Kier molecular flexibility index (Phi) is 5.44. The summed E-state index contributed by atoms with van der Waals surface area (Å²) < 4.78 is 16.7. The third-order valence-corrected chi connectivity index (χ3v) is 8.83. The molecular weight excluding hydrogens is 474 g/mol. The molecule has 11 nitrogen and oxygen atoms in total. The van der Waals surface area contributed by atoms with Gasteiger partial charge in [-0.15, -0.1) is 0 Å². The Hall–Kier alpha value is -2.25. The van der Waals surface area contributed by atoms with E-state index in [1.807, 2.05) is 13.1 Å². The SMILES string of the molecule is CC(=O)O[C@H]1O[C@H](C(O)c2cc(O)c3c4c2C[C@@H]2[C@@H]5C=C[C@H](O)[C@H](O3)[C@]45CCN2C)[C@H](O)[C@H](O)[C@H]1O. The summed E-state index contributed by atoms with van der Waals surface area (Å²) in [5.74, 6) is -0.654. The van der Waals surface area contributed by atoms with Crippen LogP contribution in [0.1, 0.15) is 36.1 Å². The van der Waals surface area contributed by atoms with Crippen molar-refractivity contribution in [3.8, 4) is 11.5 Å². The van der Waals surface area contributed by atoms with Crippen molar-refractivity contribution in [3.63, 3.8) is 0 Å². The number of phenolic OH excluding ortho intramolecular Hbond substituents is 1. The zero-order chi connectivity index (χ0) is 25.7. The predicted molar refractivity (Wildman–Crippen MR) is 121 cm³/mol. The number of likely N-dealkylation sites (N-methyl/N-ethyl adjacent to an activating group) is 1. The highest BCUT2D eigenvalue weighted by atomic mass is 16.7. The van der Waals surface area contributed by atoms with Crippen LogP contribution in [0.15, 0.2) is 18.2 Å². The third kappa shape index (κ3) is 3.08. The second-order valence-corrected chi connectivity index (χ2v) is 10.6. The number of esters is 1. The van der Waals surface area contributed by atoms with Crippen LogP contribution in [-0.4, -0.2) is 104 Å². The Morgan fingerprint density at radius 1 is 1.19 bits per heavy atom. The lowest BCUT2D eigenvalue weighted by atomic mass is 9.53. The summed E-state index contributed by atoms with van der Waals surface area (Å²) in [4.78, 5) is 13.7. The molecule has 5 aliphatic rings. The lowest BCUT2D eigenvalue weighted by molar-refractivity contribution is -0.302. The minimum Gasteiger partial charge on any atom is -0.504 e. The lowest BCUT2D eigenvalue weighted by Gasteiger charge is -2.56. The fourth-order valence-electron chi connectivity index (χ4n) is 7.19. The van der Waals surface area contributed by atoms with Crippen LogP contribution in [0.3, 0.4) is 0 Å². The minimum absolute atomic E-state index is 0.0343. The zero-order valence-corrected chi connectivity index (χ0v) is 19.9. The number of carbonyl (C=O) groups excluding carboxylic acids is 1. The summed E-state index contributed by atoms with van der Waals surface area (Å²) in [5, 5.41) is 64.6. The van der Waals surface area contributed by atoms with E-state index in [-0.39, 0.29) is 23.3 Å². The van der Waals surface area contributed by atoms with Gasteiger partial charge in [0.25, 0.3) is 0 Å². The van der Waals surface area contributed by atoms with Crippen molar-refractivity contribution in [1.82, 2.24) is 4.90 Å². The number of rotatable bonds is 3. The van der Waals surface area contributed by atoms with Crippen molar-refractivity contribution in [1.29, 1.82) is 0 Å². The highest BCUT2D eigenvalue weighted by Crippen LogP contribution is 2.63. The molecule has 6 N–H and O–H groups in total. The fourth-order valence-corrected chi connectivity index (χ4v) is 7.19. The number of hydrogen-bond acceptors (Lipinski definition) is 11. The number of ether oxygens (including phenoxy) is 3. The number of nitrogens with zero attached hydrogens (tertiary/aromatic N) is 1. The van der Waals surface area contributed by atoms with E-state index in [2.05, 4.69) is 4.90 Å². The molecule has 11 heteroatoms. The topological polar surface area (TPSA) is 169 Å². The van der Waals surface area contributed by atoms with Gasteiger partial charge in [0.15, 0.2) is 11.5 Å². The van der Waals surface area contributed by atoms with Gasteiger partial charge in [-0.1, -0.05) is 12.2 Å². The lowest BCUT2D eigenvalue weighted by Crippen LogP contribution is -2.65. The Balaban J connectivity index is 1.46. The van der Waals surface area contributed by atoms with Gasteiger partial charge in [-0.05, 0) is 43.6 Å². The van der Waals surface area contributed by atoms with Crippen LogP contribution < -0.4 is 4.74 Å². The standard InChI is InChI=1S/C25H31NO10/c1-9(27)34-24-20(33)18(31)19(32)22(36-24)17(30)11-8-15(29)21-16-10(11)7-13-12-3-4-14(28)23(35-21)25(12,16)5-6-26(13)2/h3-4,8,12-14,17-20,22-24,28-33H,5-7H2,1-2H3/t12-,13+,14-,17?,18-,19+,20+,22+,23-,24-,25-/m0/s1. The van der Waals surface area contributed by atoms with E-state index >= 15 is 0 Å². The molecule has 1 aromatic rings. The third-order valence-electron chi connectivity index (χ3n) is 8.83. The average Bonchev–Trinajstić information content (AvgIpc) is 3.19. The molecule has 11 atom stereocenters. The maximum absolute atomic E-state index is 11.5. The van der Waals surface area contributed by atoms with Crippen molar-refractivity contribution >= 4 is 5.97 Å². The first kappa shape index (κ1) is 24.1. The first-order valence-electron chi connectivity index (χ1n) is 12.2. The molecule has 2 fully saturated rings. The highest BCUT2D eigenvalue weighted by molar-refractivity contribution is 5.66. The number of aromatic hydroxyl groups is 1. The predicted octanol–water partition coefficient (Wildman–Crippen LogP) is -1.40. The van der Waals surface area contributed by atoms with Gasteiger partial charge >= 0.3 is 5.97 Å². The van der Waals surface area contributed by atoms with Gasteiger partial charge in [0, 0.05) is 29.9 Å². The van der Waals surface area contributed by atoms with Gasteiger partial charge < -0.3 is 49.7 Å². The fraction of sp³-hybridized carbons (Fsp3) is 0.640. The molecule has 3 aliphatic heterocycles. The zero-order valence-electron chi connectivity index (χ0n) is 19.9. The summed E-state index contributed by atoms with van der Waals surface area (Å²) in [5.41, 5.74) is 1.17. The van der Waals surface area contributed by atoms with Crippen LogP contribution in [-0.2, 0) is 26.1 Å². The summed E-state index contributed by atoms with van der Waals surface area (Å²) in [6.45, 7) is 1.88. The van der Waals surface area contributed by atoms with Crippen LogP contribution in [0.5, 0.6) is 11.5 Å². The number of phenols is 1. The van der Waals surface area contributed by atoms with Crippen molar-refractivity contribution in [2.24, 2.45) is 5.92 Å². The van der Waals surface area contributed by atoms with E-state index in [9.17, 15) is 35.4 Å². The van der Waals surface area contributed by atoms with Crippen LogP contribution in [0.2, 0.25) is 0 Å². The molecule has 0 saturated carbocycles. The molecular formula is C25H31NO10. The second-order valence-electron chi connectivity index (χ2n) is 10.6. The Labute approximate surface area is 207 Å². The molecule has 196 valence electrons. The van der Waals surface area contributed by atoms with E-state index in [4.69, 9.17) is 14.2 Å². The summed E-state index contributed by atoms with van der Waals surface area (Å²) in [6, 6.07) is 1.40. The summed E-state index contributed by atoms with van der Waals surface area (Å²) in [6.07, 6.45) is -6.26. The van der Waals surface area contributed by atoms with Gasteiger partial charge in [-0.2, -0.15) is 0 Å². The van der Waals surface area contributed by atoms with Gasteiger partial charge in [-0.25, -0.2) is 0 Å². The molecule has 0 amide bonds. The maximum atomic E-state index is 11.5. The Bertz CT molecular complexity index is 1120. The van der Waals surface area contributed by atoms with Crippen LogP contribution in [0, 0.1) is 5.92 Å². The maximum Gasteiger partial charge on any atom is 0.305 e. The second kappa shape index (κ2) is 8.12. The smallest absolute Gasteiger partial charge is 0.305 e. The van der Waals surface area contributed by atoms with Crippen molar-refractivity contribution in [3.05, 3.63) is 34.9 Å². The van der Waals surface area contributed by atoms with Gasteiger partial charge in [0.05, 0.1) is 0 Å². The van der Waals surface area contributed by atoms with E-state index in [0.29, 0.717) is 18.6 Å². The number of piperidine rings is 1. The minimum atomic E-state index is -1.75. The molecule has 1 aromatic carbocycles. The summed E-state index contributed by atoms with van der Waals surface area (Å²) in [7, 11) is 2.03. The quantitative estimate of drug-likeness (QED) is 0.211. The number of aliphatic hydroxyl groups excluding tert-OH is 5. The van der Waals surface area contributed by atoms with Crippen LogP contribution in [0.25, 0.3) is 0 Å². The van der Waals surface area contributed by atoms with Gasteiger partial charge in [0.2, 0.25) is 6.29 Å². The largest absolute Gasteiger partial charge is 0.504 e. The molecule has 36 heavy (non-hydrogen) atoms. The highest BCUT2D eigenvalue weighted by Gasteiger charge is 2.65. The Morgan fingerprint density at radius 3 is 2.67 bits per heavy atom. The first-order chi connectivity index (χ1) is 17.1.